The zero-order valence-corrected chi connectivity index (χ0v) is 19.5. The number of benzene rings is 2. The Kier molecular flexibility index (Phi) is 5.40. The van der Waals surface area contributed by atoms with Gasteiger partial charge in [0.2, 0.25) is 0 Å². The first kappa shape index (κ1) is 22.1. The van der Waals surface area contributed by atoms with Crippen LogP contribution >= 0.6 is 0 Å². The molecule has 0 fully saturated rings. The second kappa shape index (κ2) is 8.56. The number of carbonyl (C=O) groups excluding carboxylic acids is 1. The summed E-state index contributed by atoms with van der Waals surface area (Å²) in [6.07, 6.45) is 4.76. The predicted molar refractivity (Wildman–Crippen MR) is 132 cm³/mol. The van der Waals surface area contributed by atoms with E-state index in [2.05, 4.69) is 30.6 Å². The molecule has 0 bridgehead atoms. The molecule has 0 unspecified atom stereocenters. The summed E-state index contributed by atoms with van der Waals surface area (Å²) in [5.41, 5.74) is 10.4. The van der Waals surface area contributed by atoms with E-state index in [1.807, 2.05) is 69.4 Å². The Morgan fingerprint density at radius 1 is 1.00 bits per heavy atom. The molecule has 2 aromatic carbocycles. The Hall–Kier alpha value is -4.73. The zero-order chi connectivity index (χ0) is 24.6. The number of carbonyl (C=O) groups is 1. The van der Waals surface area contributed by atoms with Gasteiger partial charge in [-0.3, -0.25) is 14.8 Å². The number of nitrogens with two attached hydrogens (primary N) is 1. The molecule has 0 aliphatic rings. The molecule has 3 heterocycles. The molecule has 0 saturated carbocycles. The van der Waals surface area contributed by atoms with Crippen molar-refractivity contribution in [1.29, 1.82) is 0 Å². The molecule has 5 rings (SSSR count). The van der Waals surface area contributed by atoms with Gasteiger partial charge < -0.3 is 11.1 Å². The second-order valence-corrected chi connectivity index (χ2v) is 8.61. The molecular weight excluding hydrogens is 442 g/mol. The van der Waals surface area contributed by atoms with Crippen molar-refractivity contribution >= 4 is 22.8 Å². The van der Waals surface area contributed by atoms with E-state index < -0.39 is 11.4 Å². The molecule has 5 aromatic rings. The minimum absolute atomic E-state index is 0.0277. The van der Waals surface area contributed by atoms with Gasteiger partial charge in [-0.2, -0.15) is 0 Å². The van der Waals surface area contributed by atoms with Gasteiger partial charge in [-0.05, 0) is 26.0 Å². The van der Waals surface area contributed by atoms with E-state index in [1.165, 1.54) is 0 Å². The number of hydrogen-bond acceptors (Lipinski definition) is 8. The van der Waals surface area contributed by atoms with Gasteiger partial charge in [0.25, 0.3) is 5.91 Å². The highest BCUT2D eigenvalue weighted by molar-refractivity contribution is 5.98. The van der Waals surface area contributed by atoms with E-state index in [0.717, 1.165) is 22.2 Å². The van der Waals surface area contributed by atoms with Gasteiger partial charge in [0.05, 0.1) is 34.3 Å². The molecule has 0 radical (unpaired) electrons. The first-order chi connectivity index (χ1) is 16.8. The predicted octanol–water partition coefficient (Wildman–Crippen LogP) is 3.13. The van der Waals surface area contributed by atoms with E-state index >= 15 is 0 Å². The van der Waals surface area contributed by atoms with Gasteiger partial charge in [0.15, 0.2) is 11.5 Å². The number of fused-ring (bicyclic) bond motifs is 1. The summed E-state index contributed by atoms with van der Waals surface area (Å²) in [5.74, 6) is -0.432. The van der Waals surface area contributed by atoms with E-state index in [1.54, 1.807) is 23.3 Å². The van der Waals surface area contributed by atoms with Gasteiger partial charge in [0, 0.05) is 30.6 Å². The Labute approximate surface area is 201 Å². The Bertz CT molecular complexity index is 1530. The molecule has 3 N–H and O–H groups in total. The van der Waals surface area contributed by atoms with Crippen molar-refractivity contribution in [3.8, 4) is 22.5 Å². The SMILES string of the molecule is Cn1nnc2ccc(-c3nc(C(=O)NC(C)(C)c4cnccn4)c(N)nc3-c3ccccc3)cc21. The van der Waals surface area contributed by atoms with E-state index in [4.69, 9.17) is 10.7 Å². The summed E-state index contributed by atoms with van der Waals surface area (Å²) in [6, 6.07) is 15.3. The van der Waals surface area contributed by atoms with E-state index in [9.17, 15) is 4.79 Å². The average molecular weight is 466 g/mol. The molecule has 0 spiro atoms. The average Bonchev–Trinajstić information content (AvgIpc) is 3.24. The van der Waals surface area contributed by atoms with Gasteiger partial charge in [-0.15, -0.1) is 5.10 Å². The van der Waals surface area contributed by atoms with Gasteiger partial charge in [-0.1, -0.05) is 41.6 Å². The van der Waals surface area contributed by atoms with Crippen LogP contribution in [0, 0.1) is 0 Å². The summed E-state index contributed by atoms with van der Waals surface area (Å²) in [7, 11) is 1.82. The molecular formula is C25H23N9O. The molecule has 10 nitrogen and oxygen atoms in total. The van der Waals surface area contributed by atoms with Crippen molar-refractivity contribution < 1.29 is 4.79 Å². The minimum atomic E-state index is -0.809. The topological polar surface area (TPSA) is 137 Å². The third-order valence-corrected chi connectivity index (χ3v) is 5.70. The molecule has 0 saturated heterocycles. The molecule has 174 valence electrons. The molecule has 0 aliphatic carbocycles. The molecule has 0 atom stereocenters. The standard InChI is InChI=1S/C25H23N9O/c1-25(2,19-14-27-11-12-28-19)31-24(35)22-23(26)30-20(15-7-5-4-6-8-15)21(29-22)16-9-10-17-18(13-16)34(3)33-32-17/h4-14H,1-3H3,(H2,26,30)(H,31,35). The summed E-state index contributed by atoms with van der Waals surface area (Å²) >= 11 is 0. The van der Waals surface area contributed by atoms with Gasteiger partial charge in [0.1, 0.15) is 5.52 Å². The van der Waals surface area contributed by atoms with Crippen molar-refractivity contribution in [2.45, 2.75) is 19.4 Å². The lowest BCUT2D eigenvalue weighted by Crippen LogP contribution is -2.42. The van der Waals surface area contributed by atoms with Crippen LogP contribution in [0.5, 0.6) is 0 Å². The maximum absolute atomic E-state index is 13.3. The molecule has 35 heavy (non-hydrogen) atoms. The van der Waals surface area contributed by atoms with Gasteiger partial charge in [-0.25, -0.2) is 14.6 Å². The van der Waals surface area contributed by atoms with Crippen LogP contribution in [0.4, 0.5) is 5.82 Å². The fraction of sp³-hybridized carbons (Fsp3) is 0.160. The molecule has 3 aromatic heterocycles. The van der Waals surface area contributed by atoms with Crippen molar-refractivity contribution in [2.75, 3.05) is 5.73 Å². The second-order valence-electron chi connectivity index (χ2n) is 8.61. The van der Waals surface area contributed by atoms with Crippen LogP contribution in [-0.4, -0.2) is 40.8 Å². The van der Waals surface area contributed by atoms with Crippen molar-refractivity contribution in [3.63, 3.8) is 0 Å². The van der Waals surface area contributed by atoms with Crippen LogP contribution in [0.1, 0.15) is 30.0 Å². The van der Waals surface area contributed by atoms with Crippen molar-refractivity contribution in [2.24, 2.45) is 7.05 Å². The quantitative estimate of drug-likeness (QED) is 0.404. The molecule has 10 heteroatoms. The maximum atomic E-state index is 13.3. The number of hydrogen-bond donors (Lipinski definition) is 2. The maximum Gasteiger partial charge on any atom is 0.274 e. The highest BCUT2D eigenvalue weighted by Gasteiger charge is 2.28. The number of nitrogens with one attached hydrogen (secondary N) is 1. The van der Waals surface area contributed by atoms with E-state index in [-0.39, 0.29) is 11.5 Å². The summed E-state index contributed by atoms with van der Waals surface area (Å²) in [4.78, 5) is 31.1. The zero-order valence-electron chi connectivity index (χ0n) is 19.5. The minimum Gasteiger partial charge on any atom is -0.382 e. The smallest absolute Gasteiger partial charge is 0.274 e. The first-order valence-electron chi connectivity index (χ1n) is 11.0. The number of anilines is 1. The van der Waals surface area contributed by atoms with Crippen molar-refractivity contribution in [1.82, 2.24) is 40.2 Å². The Morgan fingerprint density at radius 2 is 1.77 bits per heavy atom. The molecule has 0 aliphatic heterocycles. The number of rotatable bonds is 5. The summed E-state index contributed by atoms with van der Waals surface area (Å²) in [5, 5.41) is 11.2. The van der Waals surface area contributed by atoms with Crippen LogP contribution in [0.3, 0.4) is 0 Å². The fourth-order valence-electron chi connectivity index (χ4n) is 3.82. The number of nitrogen functional groups attached to an aromatic ring is 1. The van der Waals surface area contributed by atoms with Crippen LogP contribution in [0.15, 0.2) is 67.1 Å². The first-order valence-corrected chi connectivity index (χ1v) is 11.0. The van der Waals surface area contributed by atoms with Crippen LogP contribution in [0.25, 0.3) is 33.5 Å². The highest BCUT2D eigenvalue weighted by Crippen LogP contribution is 2.32. The summed E-state index contributed by atoms with van der Waals surface area (Å²) in [6.45, 7) is 3.67. The number of nitrogens with zero attached hydrogens (tertiary/aromatic N) is 7. The van der Waals surface area contributed by atoms with E-state index in [0.29, 0.717) is 17.1 Å². The third kappa shape index (κ3) is 4.17. The monoisotopic (exact) mass is 465 g/mol. The highest BCUT2D eigenvalue weighted by atomic mass is 16.2. The third-order valence-electron chi connectivity index (χ3n) is 5.70. The fourth-order valence-corrected chi connectivity index (χ4v) is 3.82. The van der Waals surface area contributed by atoms with Gasteiger partial charge >= 0.3 is 0 Å². The number of aryl methyl sites for hydroxylation is 1. The lowest BCUT2D eigenvalue weighted by atomic mass is 10.0. The number of amides is 1. The number of aromatic nitrogens is 7. The van der Waals surface area contributed by atoms with Crippen LogP contribution in [-0.2, 0) is 12.6 Å². The van der Waals surface area contributed by atoms with Crippen LogP contribution < -0.4 is 11.1 Å². The van der Waals surface area contributed by atoms with Crippen molar-refractivity contribution in [3.05, 3.63) is 78.5 Å². The normalized spacial score (nSPS) is 11.5. The summed E-state index contributed by atoms with van der Waals surface area (Å²) < 4.78 is 1.68. The van der Waals surface area contributed by atoms with Crippen LogP contribution in [0.2, 0.25) is 0 Å². The Balaban J connectivity index is 1.63. The largest absolute Gasteiger partial charge is 0.382 e. The lowest BCUT2D eigenvalue weighted by molar-refractivity contribution is 0.0906. The molecule has 1 amide bonds. The Morgan fingerprint density at radius 3 is 2.51 bits per heavy atom. The lowest BCUT2D eigenvalue weighted by Gasteiger charge is -2.25.